The summed E-state index contributed by atoms with van der Waals surface area (Å²) in [5.41, 5.74) is -0.0710. The van der Waals surface area contributed by atoms with E-state index >= 15 is 4.79 Å². The summed E-state index contributed by atoms with van der Waals surface area (Å²) in [5, 5.41) is 15.7. The van der Waals surface area contributed by atoms with Gasteiger partial charge in [-0.3, -0.25) is 19.2 Å². The molecule has 0 aliphatic carbocycles. The highest BCUT2D eigenvalue weighted by Gasteiger charge is 2.77. The number of anilines is 1. The van der Waals surface area contributed by atoms with E-state index in [-0.39, 0.29) is 48.7 Å². The molecule has 11 heteroatoms. The van der Waals surface area contributed by atoms with Crippen LogP contribution in [0.5, 0.6) is 0 Å². The summed E-state index contributed by atoms with van der Waals surface area (Å²) in [6.45, 7) is 11.3. The van der Waals surface area contributed by atoms with Gasteiger partial charge in [0.05, 0.1) is 37.1 Å². The Kier molecular flexibility index (Phi) is 11.9. The van der Waals surface area contributed by atoms with Crippen LogP contribution in [0.25, 0.3) is 10.8 Å². The molecule has 280 valence electrons. The molecule has 10 nitrogen and oxygen atoms in total. The third-order valence-electron chi connectivity index (χ3n) is 11.2. The van der Waals surface area contributed by atoms with Gasteiger partial charge in [0, 0.05) is 23.5 Å². The fourth-order valence-electron chi connectivity index (χ4n) is 8.37. The molecular formula is C42H48BrN3O7. The van der Waals surface area contributed by atoms with Crippen LogP contribution in [0, 0.1) is 17.8 Å². The van der Waals surface area contributed by atoms with Gasteiger partial charge in [0.15, 0.2) is 0 Å². The first-order chi connectivity index (χ1) is 25.6. The van der Waals surface area contributed by atoms with Gasteiger partial charge in [0.1, 0.15) is 17.7 Å². The van der Waals surface area contributed by atoms with Crippen LogP contribution in [0.4, 0.5) is 5.69 Å². The number of benzene rings is 3. The first kappa shape index (κ1) is 38.4. The SMILES string of the molecule is C=CCCC(=O)NC[C@H](OC(=O)[C@@H]1[C@H]2O[C@@]3(CC2Br)[C@H](C(=O)N(CC=C)c2ccc4ccccc4c2)N([C@@H](CO)[C@@H](C)CC)C(=O)[C@@H]13)c1ccccc1. The number of nitrogens with zero attached hydrogens (tertiary/aromatic N) is 2. The lowest BCUT2D eigenvalue weighted by Gasteiger charge is -2.41. The van der Waals surface area contributed by atoms with E-state index < -0.39 is 53.6 Å². The van der Waals surface area contributed by atoms with Gasteiger partial charge in [-0.2, -0.15) is 0 Å². The van der Waals surface area contributed by atoms with Gasteiger partial charge < -0.3 is 29.7 Å². The average molecular weight is 787 g/mol. The van der Waals surface area contributed by atoms with E-state index in [4.69, 9.17) is 9.47 Å². The number of esters is 1. The maximum atomic E-state index is 15.2. The molecule has 3 aliphatic rings. The van der Waals surface area contributed by atoms with Crippen molar-refractivity contribution in [1.29, 1.82) is 0 Å². The van der Waals surface area contributed by atoms with E-state index in [0.717, 1.165) is 10.8 Å². The summed E-state index contributed by atoms with van der Waals surface area (Å²) in [6, 6.07) is 20.9. The summed E-state index contributed by atoms with van der Waals surface area (Å²) >= 11 is 3.76. The van der Waals surface area contributed by atoms with Gasteiger partial charge in [0.2, 0.25) is 11.8 Å². The summed E-state index contributed by atoms with van der Waals surface area (Å²) in [7, 11) is 0. The first-order valence-corrected chi connectivity index (χ1v) is 19.3. The van der Waals surface area contributed by atoms with Crippen molar-refractivity contribution in [2.45, 2.75) is 74.3 Å². The van der Waals surface area contributed by atoms with Crippen molar-refractivity contribution in [3.63, 3.8) is 0 Å². The molecule has 3 aromatic rings. The lowest BCUT2D eigenvalue weighted by Crippen LogP contribution is -2.60. The molecule has 3 aromatic carbocycles. The van der Waals surface area contributed by atoms with E-state index in [9.17, 15) is 19.5 Å². The molecule has 6 rings (SSSR count). The Morgan fingerprint density at radius 1 is 1.09 bits per heavy atom. The number of aliphatic hydroxyl groups excluding tert-OH is 1. The molecule has 3 fully saturated rings. The largest absolute Gasteiger partial charge is 0.455 e. The lowest BCUT2D eigenvalue weighted by atomic mass is 9.70. The highest BCUT2D eigenvalue weighted by Crippen LogP contribution is 2.61. The summed E-state index contributed by atoms with van der Waals surface area (Å²) < 4.78 is 13.0. The number of allylic oxidation sites excluding steroid dienone is 1. The van der Waals surface area contributed by atoms with Crippen LogP contribution in [0.15, 0.2) is 98.1 Å². The first-order valence-electron chi connectivity index (χ1n) is 18.4. The summed E-state index contributed by atoms with van der Waals surface area (Å²) in [5.74, 6) is -3.91. The Balaban J connectivity index is 1.38. The minimum absolute atomic E-state index is 0.0293. The van der Waals surface area contributed by atoms with Crippen LogP contribution in [-0.2, 0) is 28.7 Å². The van der Waals surface area contributed by atoms with E-state index in [1.807, 2.05) is 86.6 Å². The van der Waals surface area contributed by atoms with E-state index in [1.54, 1.807) is 17.1 Å². The number of rotatable bonds is 16. The van der Waals surface area contributed by atoms with E-state index in [2.05, 4.69) is 34.4 Å². The molecule has 0 radical (unpaired) electrons. The Hall–Kier alpha value is -4.32. The number of amides is 3. The molecule has 3 heterocycles. The summed E-state index contributed by atoms with van der Waals surface area (Å²) in [6.07, 6.45) is 3.40. The van der Waals surface area contributed by atoms with Crippen LogP contribution in [0.1, 0.15) is 51.2 Å². The lowest BCUT2D eigenvalue weighted by molar-refractivity contribution is -0.161. The predicted octanol–water partition coefficient (Wildman–Crippen LogP) is 5.88. The minimum Gasteiger partial charge on any atom is -0.455 e. The Morgan fingerprint density at radius 3 is 2.49 bits per heavy atom. The Labute approximate surface area is 319 Å². The van der Waals surface area contributed by atoms with Gasteiger partial charge in [-0.05, 0) is 47.2 Å². The number of carbonyl (C=O) groups is 4. The number of aliphatic hydroxyl groups is 1. The quantitative estimate of drug-likeness (QED) is 0.106. The number of hydrogen-bond acceptors (Lipinski definition) is 7. The fraction of sp³-hybridized carbons (Fsp3) is 0.429. The number of alkyl halides is 1. The molecule has 3 saturated heterocycles. The fourth-order valence-corrected chi connectivity index (χ4v) is 9.32. The number of hydrogen-bond donors (Lipinski definition) is 2. The molecule has 2 bridgehead atoms. The van der Waals surface area contributed by atoms with Gasteiger partial charge in [-0.15, -0.1) is 13.2 Å². The molecule has 53 heavy (non-hydrogen) atoms. The number of ether oxygens (including phenoxy) is 2. The normalized spacial score (nSPS) is 26.1. The van der Waals surface area contributed by atoms with Crippen molar-refractivity contribution < 1.29 is 33.8 Å². The van der Waals surface area contributed by atoms with Crippen molar-refractivity contribution in [3.05, 3.63) is 104 Å². The zero-order valence-electron chi connectivity index (χ0n) is 30.2. The van der Waals surface area contributed by atoms with Crippen LogP contribution >= 0.6 is 15.9 Å². The van der Waals surface area contributed by atoms with Crippen molar-refractivity contribution >= 4 is 56.1 Å². The number of carbonyl (C=O) groups excluding carboxylic acids is 4. The standard InChI is InChI=1S/C42H48BrN3O7/c1-5-8-18-34(48)44-24-33(28-15-10-9-11-16-28)52-41(51)35-36-39(49)46(32(25-47)26(4)7-3)38(42(36)23-31(43)37(35)53-42)40(50)45(21-6-2)30-20-19-27-14-12-13-17-29(27)22-30/h5-6,9-17,19-20,22,26,31-33,35-38,47H,1-2,7-8,18,21,23-25H2,3-4H3,(H,44,48)/t26-,31?,32-,33-,35-,36+,37-,38-,42+/m0/s1. The molecule has 0 aromatic heterocycles. The number of nitrogens with one attached hydrogen (secondary N) is 1. The van der Waals surface area contributed by atoms with Crippen molar-refractivity contribution in [2.75, 3.05) is 24.6 Å². The highest BCUT2D eigenvalue weighted by atomic mass is 79.9. The van der Waals surface area contributed by atoms with Crippen molar-refractivity contribution in [3.8, 4) is 0 Å². The molecule has 0 saturated carbocycles. The van der Waals surface area contributed by atoms with Crippen LogP contribution in [0.3, 0.4) is 0 Å². The maximum absolute atomic E-state index is 15.2. The second-order valence-corrected chi connectivity index (χ2v) is 15.5. The van der Waals surface area contributed by atoms with Crippen molar-refractivity contribution in [2.24, 2.45) is 17.8 Å². The number of likely N-dealkylation sites (tertiary alicyclic amines) is 1. The van der Waals surface area contributed by atoms with Gasteiger partial charge >= 0.3 is 5.97 Å². The van der Waals surface area contributed by atoms with Gasteiger partial charge in [-0.1, -0.05) is 109 Å². The van der Waals surface area contributed by atoms with Gasteiger partial charge in [-0.25, -0.2) is 0 Å². The molecule has 1 unspecified atom stereocenters. The topological polar surface area (TPSA) is 125 Å². The second kappa shape index (κ2) is 16.4. The van der Waals surface area contributed by atoms with E-state index in [1.165, 1.54) is 4.90 Å². The molecular weight excluding hydrogens is 738 g/mol. The molecule has 2 N–H and O–H groups in total. The third-order valence-corrected chi connectivity index (χ3v) is 12.0. The zero-order valence-corrected chi connectivity index (χ0v) is 31.8. The summed E-state index contributed by atoms with van der Waals surface area (Å²) in [4.78, 5) is 59.9. The number of halogens is 1. The monoisotopic (exact) mass is 785 g/mol. The highest BCUT2D eigenvalue weighted by molar-refractivity contribution is 9.09. The van der Waals surface area contributed by atoms with E-state index in [0.29, 0.717) is 30.5 Å². The van der Waals surface area contributed by atoms with Gasteiger partial charge in [0.25, 0.3) is 5.91 Å². The molecule has 3 aliphatic heterocycles. The predicted molar refractivity (Wildman–Crippen MR) is 207 cm³/mol. The Bertz CT molecular complexity index is 1850. The maximum Gasteiger partial charge on any atom is 0.313 e. The van der Waals surface area contributed by atoms with Crippen LogP contribution in [0.2, 0.25) is 0 Å². The van der Waals surface area contributed by atoms with Crippen LogP contribution in [-0.4, -0.2) is 82.0 Å². The third kappa shape index (κ3) is 7.18. The molecule has 3 amide bonds. The molecule has 9 atom stereocenters. The van der Waals surface area contributed by atoms with Crippen molar-refractivity contribution in [1.82, 2.24) is 10.2 Å². The smallest absolute Gasteiger partial charge is 0.313 e. The average Bonchev–Trinajstić information content (AvgIpc) is 3.77. The van der Waals surface area contributed by atoms with Crippen LogP contribution < -0.4 is 10.2 Å². The second-order valence-electron chi connectivity index (χ2n) is 14.3. The minimum atomic E-state index is -1.38. The number of fused-ring (bicyclic) bond motifs is 2. The zero-order chi connectivity index (χ0) is 37.9. The molecule has 1 spiro atoms. The Morgan fingerprint density at radius 2 is 1.81 bits per heavy atom.